The van der Waals surface area contributed by atoms with Gasteiger partial charge in [0.2, 0.25) is 5.91 Å². The maximum Gasteiger partial charge on any atom is 0.234 e. The van der Waals surface area contributed by atoms with Crippen LogP contribution in [0.2, 0.25) is 0 Å². The van der Waals surface area contributed by atoms with Gasteiger partial charge in [-0.05, 0) is 41.3 Å². The molecule has 5 rings (SSSR count). The van der Waals surface area contributed by atoms with Crippen molar-refractivity contribution in [3.05, 3.63) is 83.7 Å². The fourth-order valence-corrected chi connectivity index (χ4v) is 5.58. The molecule has 1 aromatic heterocycles. The molecule has 0 aliphatic heterocycles. The van der Waals surface area contributed by atoms with Crippen molar-refractivity contribution < 1.29 is 13.6 Å². The second-order valence-electron chi connectivity index (χ2n) is 8.84. The van der Waals surface area contributed by atoms with Gasteiger partial charge in [0.1, 0.15) is 17.5 Å². The zero-order valence-electron chi connectivity index (χ0n) is 19.2. The van der Waals surface area contributed by atoms with E-state index in [1.165, 1.54) is 34.5 Å². The van der Waals surface area contributed by atoms with Crippen molar-refractivity contribution in [1.29, 1.82) is 0 Å². The van der Waals surface area contributed by atoms with Crippen LogP contribution < -0.4 is 5.32 Å². The molecule has 8 heteroatoms. The normalized spacial score (nSPS) is 14.3. The summed E-state index contributed by atoms with van der Waals surface area (Å²) in [4.78, 5) is 12.5. The Kier molecular flexibility index (Phi) is 7.08. The van der Waals surface area contributed by atoms with E-state index in [0.29, 0.717) is 11.6 Å². The maximum atomic E-state index is 13.9. The van der Waals surface area contributed by atoms with Crippen LogP contribution in [0.15, 0.2) is 65.8 Å². The quantitative estimate of drug-likeness (QED) is 0.298. The van der Waals surface area contributed by atoms with Crippen LogP contribution >= 0.6 is 11.8 Å². The number of fused-ring (bicyclic) bond motifs is 1. The number of thioether (sulfide) groups is 1. The third-order valence-electron chi connectivity index (χ3n) is 6.44. The summed E-state index contributed by atoms with van der Waals surface area (Å²) in [5.41, 5.74) is 1.02. The molecule has 1 aliphatic rings. The minimum absolute atomic E-state index is 0.0229. The van der Waals surface area contributed by atoms with Crippen molar-refractivity contribution in [2.24, 2.45) is 0 Å². The van der Waals surface area contributed by atoms with Crippen LogP contribution in [-0.2, 0) is 11.2 Å². The van der Waals surface area contributed by atoms with Crippen LogP contribution in [0, 0.1) is 11.6 Å². The average molecular weight is 493 g/mol. The molecule has 0 bridgehead atoms. The Bertz CT molecular complexity index is 1350. The monoisotopic (exact) mass is 492 g/mol. The summed E-state index contributed by atoms with van der Waals surface area (Å²) in [5, 5.41) is 14.5. The van der Waals surface area contributed by atoms with Gasteiger partial charge in [0.15, 0.2) is 5.16 Å². The van der Waals surface area contributed by atoms with Crippen molar-refractivity contribution in [3.63, 3.8) is 0 Å². The molecule has 0 saturated heterocycles. The number of aromatic nitrogens is 3. The van der Waals surface area contributed by atoms with Crippen LogP contribution in [0.3, 0.4) is 0 Å². The van der Waals surface area contributed by atoms with Gasteiger partial charge in [-0.1, -0.05) is 73.5 Å². The Hall–Kier alpha value is -3.26. The van der Waals surface area contributed by atoms with Crippen LogP contribution in [0.25, 0.3) is 10.8 Å². The Labute approximate surface area is 206 Å². The first kappa shape index (κ1) is 23.5. The predicted molar refractivity (Wildman–Crippen MR) is 135 cm³/mol. The van der Waals surface area contributed by atoms with Gasteiger partial charge in [-0.15, -0.1) is 10.2 Å². The third-order valence-corrected chi connectivity index (χ3v) is 7.38. The number of rotatable bonds is 7. The molecule has 3 aromatic carbocycles. The zero-order valence-corrected chi connectivity index (χ0v) is 20.0. The fourth-order valence-electron chi connectivity index (χ4n) is 4.76. The third kappa shape index (κ3) is 5.37. The number of nitrogens with one attached hydrogen (secondary N) is 1. The van der Waals surface area contributed by atoms with E-state index in [4.69, 9.17) is 0 Å². The average Bonchev–Trinajstić information content (AvgIpc) is 3.28. The van der Waals surface area contributed by atoms with E-state index in [-0.39, 0.29) is 17.5 Å². The molecule has 5 nitrogen and oxygen atoms in total. The van der Waals surface area contributed by atoms with Gasteiger partial charge in [-0.25, -0.2) is 8.78 Å². The lowest BCUT2D eigenvalue weighted by molar-refractivity contribution is -0.113. The molecule has 1 amide bonds. The van der Waals surface area contributed by atoms with E-state index >= 15 is 0 Å². The van der Waals surface area contributed by atoms with Crippen LogP contribution in [0.4, 0.5) is 14.5 Å². The van der Waals surface area contributed by atoms with E-state index in [1.54, 1.807) is 0 Å². The maximum absolute atomic E-state index is 13.9. The Morgan fingerprint density at radius 1 is 1.00 bits per heavy atom. The summed E-state index contributed by atoms with van der Waals surface area (Å²) in [5.74, 6) is -0.799. The van der Waals surface area contributed by atoms with E-state index in [1.807, 2.05) is 12.1 Å². The number of anilines is 1. The lowest BCUT2D eigenvalue weighted by atomic mass is 9.95. The molecule has 0 radical (unpaired) electrons. The van der Waals surface area contributed by atoms with Crippen molar-refractivity contribution in [2.45, 2.75) is 49.7 Å². The summed E-state index contributed by atoms with van der Waals surface area (Å²) in [7, 11) is 0. The van der Waals surface area contributed by atoms with Crippen molar-refractivity contribution in [1.82, 2.24) is 14.8 Å². The molecule has 0 spiro atoms. The second kappa shape index (κ2) is 10.6. The van der Waals surface area contributed by atoms with Gasteiger partial charge in [0, 0.05) is 18.5 Å². The van der Waals surface area contributed by atoms with Gasteiger partial charge < -0.3 is 9.88 Å². The predicted octanol–water partition coefficient (Wildman–Crippen LogP) is 6.54. The largest absolute Gasteiger partial charge is 0.323 e. The van der Waals surface area contributed by atoms with E-state index in [9.17, 15) is 13.6 Å². The first-order chi connectivity index (χ1) is 17.1. The van der Waals surface area contributed by atoms with Crippen LogP contribution in [0.5, 0.6) is 0 Å². The molecular formula is C27H26F2N4OS. The summed E-state index contributed by atoms with van der Waals surface area (Å²) in [6, 6.07) is 17.9. The summed E-state index contributed by atoms with van der Waals surface area (Å²) >= 11 is 1.27. The molecule has 1 heterocycles. The lowest BCUT2D eigenvalue weighted by Crippen LogP contribution is -2.19. The molecule has 0 unspecified atom stereocenters. The number of halogens is 2. The first-order valence-corrected chi connectivity index (χ1v) is 12.8. The molecule has 1 aliphatic carbocycles. The van der Waals surface area contributed by atoms with Crippen molar-refractivity contribution >= 4 is 34.1 Å². The number of amides is 1. The fraction of sp³-hybridized carbons (Fsp3) is 0.296. The standard InChI is InChI=1S/C27H26F2N4OS/c28-20-13-14-23(29)24(16-20)30-26(34)17-35-27-32-31-25(33(27)21-10-2-1-3-11-21)15-19-9-6-8-18-7-4-5-12-22(18)19/h4-9,12-14,16,21H,1-3,10-11,15,17H2,(H,30,34). The number of hydrogen-bond donors (Lipinski definition) is 1. The van der Waals surface area contributed by atoms with E-state index in [0.717, 1.165) is 49.7 Å². The zero-order chi connectivity index (χ0) is 24.2. The Morgan fingerprint density at radius 2 is 1.80 bits per heavy atom. The SMILES string of the molecule is O=C(CSc1nnc(Cc2cccc3ccccc23)n1C1CCCCC1)Nc1cc(F)ccc1F. The number of benzene rings is 3. The molecule has 180 valence electrons. The van der Waals surface area contributed by atoms with Crippen LogP contribution in [0.1, 0.15) is 49.5 Å². The highest BCUT2D eigenvalue weighted by Gasteiger charge is 2.24. The van der Waals surface area contributed by atoms with Gasteiger partial charge in [0.25, 0.3) is 0 Å². The van der Waals surface area contributed by atoms with E-state index in [2.05, 4.69) is 50.4 Å². The highest BCUT2D eigenvalue weighted by molar-refractivity contribution is 7.99. The number of carbonyl (C=O) groups is 1. The minimum atomic E-state index is -0.674. The number of hydrogen-bond acceptors (Lipinski definition) is 4. The molecule has 35 heavy (non-hydrogen) atoms. The molecule has 1 N–H and O–H groups in total. The van der Waals surface area contributed by atoms with Crippen molar-refractivity contribution in [3.8, 4) is 0 Å². The molecular weight excluding hydrogens is 466 g/mol. The number of nitrogens with zero attached hydrogens (tertiary/aromatic N) is 3. The van der Waals surface area contributed by atoms with Gasteiger partial charge in [0.05, 0.1) is 11.4 Å². The second-order valence-corrected chi connectivity index (χ2v) is 9.78. The van der Waals surface area contributed by atoms with E-state index < -0.39 is 17.5 Å². The molecule has 0 atom stereocenters. The van der Waals surface area contributed by atoms with Crippen molar-refractivity contribution in [2.75, 3.05) is 11.1 Å². The molecule has 4 aromatic rings. The molecule has 1 saturated carbocycles. The topological polar surface area (TPSA) is 59.8 Å². The first-order valence-electron chi connectivity index (χ1n) is 11.9. The summed E-state index contributed by atoms with van der Waals surface area (Å²) in [6.07, 6.45) is 6.27. The van der Waals surface area contributed by atoms with Crippen LogP contribution in [-0.4, -0.2) is 26.4 Å². The minimum Gasteiger partial charge on any atom is -0.323 e. The highest BCUT2D eigenvalue weighted by Crippen LogP contribution is 2.34. The number of carbonyl (C=O) groups excluding carboxylic acids is 1. The highest BCUT2D eigenvalue weighted by atomic mass is 32.2. The summed E-state index contributed by atoms with van der Waals surface area (Å²) < 4.78 is 29.5. The Morgan fingerprint density at radius 3 is 2.66 bits per heavy atom. The van der Waals surface area contributed by atoms with Gasteiger partial charge >= 0.3 is 0 Å². The Balaban J connectivity index is 1.37. The summed E-state index contributed by atoms with van der Waals surface area (Å²) in [6.45, 7) is 0. The molecule has 1 fully saturated rings. The van der Waals surface area contributed by atoms with Gasteiger partial charge in [-0.2, -0.15) is 0 Å². The smallest absolute Gasteiger partial charge is 0.234 e. The lowest BCUT2D eigenvalue weighted by Gasteiger charge is -2.25. The van der Waals surface area contributed by atoms with Gasteiger partial charge in [-0.3, -0.25) is 4.79 Å².